The molecule has 4 nitrogen and oxygen atoms in total. The molecular weight excluding hydrogens is 306 g/mol. The Morgan fingerprint density at radius 1 is 1.22 bits per heavy atom. The van der Waals surface area contributed by atoms with E-state index in [4.69, 9.17) is 4.74 Å². The number of fused-ring (bicyclic) bond motifs is 1. The van der Waals surface area contributed by atoms with Crippen LogP contribution in [0.3, 0.4) is 0 Å². The molecule has 4 rings (SSSR count). The molecule has 0 radical (unpaired) electrons. The van der Waals surface area contributed by atoms with Crippen LogP contribution in [0.15, 0.2) is 23.7 Å². The lowest BCUT2D eigenvalue weighted by Gasteiger charge is -2.36. The number of rotatable bonds is 4. The van der Waals surface area contributed by atoms with Gasteiger partial charge in [0.05, 0.1) is 23.4 Å². The first-order valence-electron chi connectivity index (χ1n) is 8.71. The number of piperidine rings is 1. The van der Waals surface area contributed by atoms with Crippen molar-refractivity contribution in [3.8, 4) is 0 Å². The quantitative estimate of drug-likeness (QED) is 0.861. The van der Waals surface area contributed by atoms with E-state index < -0.39 is 0 Å². The molecule has 1 unspecified atom stereocenters. The largest absolute Gasteiger partial charge is 0.379 e. The molecule has 0 N–H and O–H groups in total. The molecule has 23 heavy (non-hydrogen) atoms. The topological polar surface area (TPSA) is 28.6 Å². The number of thiophene rings is 1. The van der Waals surface area contributed by atoms with E-state index in [1.807, 2.05) is 0 Å². The summed E-state index contributed by atoms with van der Waals surface area (Å²) in [5, 5.41) is 2.13. The van der Waals surface area contributed by atoms with Crippen LogP contribution >= 0.6 is 11.3 Å². The average molecular weight is 331 g/mol. The van der Waals surface area contributed by atoms with Crippen molar-refractivity contribution in [3.05, 3.63) is 29.3 Å². The third-order valence-corrected chi connectivity index (χ3v) is 5.84. The molecule has 0 amide bonds. The minimum Gasteiger partial charge on any atom is -0.379 e. The van der Waals surface area contributed by atoms with Crippen molar-refractivity contribution in [1.29, 1.82) is 0 Å². The van der Waals surface area contributed by atoms with Gasteiger partial charge in [-0.05, 0) is 48.4 Å². The fourth-order valence-electron chi connectivity index (χ4n) is 3.82. The summed E-state index contributed by atoms with van der Waals surface area (Å²) in [6, 6.07) is 4.42. The first-order valence-corrected chi connectivity index (χ1v) is 9.59. The highest BCUT2D eigenvalue weighted by Gasteiger charge is 2.23. The van der Waals surface area contributed by atoms with E-state index in [-0.39, 0.29) is 0 Å². The highest BCUT2D eigenvalue weighted by Crippen LogP contribution is 2.23. The summed E-state index contributed by atoms with van der Waals surface area (Å²) in [6.07, 6.45) is 4.75. The van der Waals surface area contributed by atoms with Gasteiger partial charge < -0.3 is 4.74 Å². The molecule has 2 aliphatic rings. The summed E-state index contributed by atoms with van der Waals surface area (Å²) in [5.41, 5.74) is 2.48. The smallest absolute Gasteiger partial charge is 0.0809 e. The predicted octanol–water partition coefficient (Wildman–Crippen LogP) is 2.84. The second kappa shape index (κ2) is 7.26. The van der Waals surface area contributed by atoms with E-state index in [1.54, 1.807) is 11.3 Å². The van der Waals surface area contributed by atoms with Crippen LogP contribution in [-0.4, -0.2) is 60.7 Å². The zero-order chi connectivity index (χ0) is 15.5. The monoisotopic (exact) mass is 331 g/mol. The third-order valence-electron chi connectivity index (χ3n) is 4.99. The van der Waals surface area contributed by atoms with Gasteiger partial charge in [-0.3, -0.25) is 14.8 Å². The lowest BCUT2D eigenvalue weighted by Crippen LogP contribution is -2.44. The van der Waals surface area contributed by atoms with Gasteiger partial charge in [-0.1, -0.05) is 0 Å². The molecule has 1 atom stereocenters. The fourth-order valence-corrected chi connectivity index (χ4v) is 4.63. The lowest BCUT2D eigenvalue weighted by molar-refractivity contribution is 0.0224. The number of pyridine rings is 1. The van der Waals surface area contributed by atoms with Crippen LogP contribution in [0, 0.1) is 5.92 Å². The first-order chi connectivity index (χ1) is 11.4. The molecule has 4 heterocycles. The number of nitrogens with zero attached hydrogens (tertiary/aromatic N) is 3. The standard InChI is InChI=1S/C18H25N3OS/c1-2-15(12-20-5-7-22-8-6-20)13-21(4-1)14-16-10-18-17(19-11-16)3-9-23-18/h3,9-11,15H,1-2,4-8,12-14H2. The van der Waals surface area contributed by atoms with Gasteiger partial charge in [-0.25, -0.2) is 0 Å². The normalized spacial score (nSPS) is 24.3. The number of hydrogen-bond donors (Lipinski definition) is 0. The summed E-state index contributed by atoms with van der Waals surface area (Å²) < 4.78 is 6.77. The van der Waals surface area contributed by atoms with E-state index in [1.165, 1.54) is 42.7 Å². The third kappa shape index (κ3) is 3.91. The van der Waals surface area contributed by atoms with Crippen molar-refractivity contribution < 1.29 is 4.74 Å². The van der Waals surface area contributed by atoms with Gasteiger partial charge in [-0.2, -0.15) is 0 Å². The Hall–Kier alpha value is -1.01. The number of morpholine rings is 1. The Kier molecular flexibility index (Phi) is 4.90. The van der Waals surface area contributed by atoms with Gasteiger partial charge in [0.2, 0.25) is 0 Å². The van der Waals surface area contributed by atoms with E-state index in [0.717, 1.165) is 44.3 Å². The maximum Gasteiger partial charge on any atom is 0.0809 e. The van der Waals surface area contributed by atoms with Gasteiger partial charge in [0.15, 0.2) is 0 Å². The molecule has 0 spiro atoms. The minimum absolute atomic E-state index is 0.806. The van der Waals surface area contributed by atoms with Gasteiger partial charge >= 0.3 is 0 Å². The molecule has 2 saturated heterocycles. The molecule has 2 fully saturated rings. The summed E-state index contributed by atoms with van der Waals surface area (Å²) >= 11 is 1.79. The van der Waals surface area contributed by atoms with Crippen LogP contribution in [-0.2, 0) is 11.3 Å². The number of ether oxygens (including phenoxy) is 1. The molecule has 0 bridgehead atoms. The Bertz CT molecular complexity index is 638. The summed E-state index contributed by atoms with van der Waals surface area (Å²) in [7, 11) is 0. The van der Waals surface area contributed by atoms with Crippen LogP contribution < -0.4 is 0 Å². The molecule has 0 aliphatic carbocycles. The molecule has 2 aliphatic heterocycles. The van der Waals surface area contributed by atoms with Crippen molar-refractivity contribution in [2.75, 3.05) is 45.9 Å². The number of hydrogen-bond acceptors (Lipinski definition) is 5. The zero-order valence-electron chi connectivity index (χ0n) is 13.6. The molecule has 0 saturated carbocycles. The maximum absolute atomic E-state index is 5.46. The second-order valence-electron chi connectivity index (χ2n) is 6.80. The van der Waals surface area contributed by atoms with Crippen molar-refractivity contribution >= 4 is 21.6 Å². The Balaban J connectivity index is 1.34. The highest BCUT2D eigenvalue weighted by molar-refractivity contribution is 7.17. The number of likely N-dealkylation sites (tertiary alicyclic amines) is 1. The Morgan fingerprint density at radius 2 is 2.13 bits per heavy atom. The van der Waals surface area contributed by atoms with E-state index in [2.05, 4.69) is 38.5 Å². The zero-order valence-corrected chi connectivity index (χ0v) is 14.4. The molecule has 2 aromatic heterocycles. The molecule has 0 aromatic carbocycles. The SMILES string of the molecule is c1cc2ncc(CN3CCCC(CN4CCOCC4)C3)cc2s1. The Labute approximate surface area is 142 Å². The Morgan fingerprint density at radius 3 is 3.04 bits per heavy atom. The average Bonchev–Trinajstić information content (AvgIpc) is 3.04. The summed E-state index contributed by atoms with van der Waals surface area (Å²) in [4.78, 5) is 9.78. The van der Waals surface area contributed by atoms with Crippen molar-refractivity contribution in [2.45, 2.75) is 19.4 Å². The summed E-state index contributed by atoms with van der Waals surface area (Å²) in [5.74, 6) is 0.806. The van der Waals surface area contributed by atoms with Gasteiger partial charge in [0.1, 0.15) is 0 Å². The van der Waals surface area contributed by atoms with Gasteiger partial charge in [-0.15, -0.1) is 11.3 Å². The van der Waals surface area contributed by atoms with Gasteiger partial charge in [0.25, 0.3) is 0 Å². The van der Waals surface area contributed by atoms with E-state index in [9.17, 15) is 0 Å². The highest BCUT2D eigenvalue weighted by atomic mass is 32.1. The van der Waals surface area contributed by atoms with Crippen LogP contribution in [0.1, 0.15) is 18.4 Å². The van der Waals surface area contributed by atoms with Crippen LogP contribution in [0.25, 0.3) is 10.2 Å². The maximum atomic E-state index is 5.46. The molecule has 5 heteroatoms. The van der Waals surface area contributed by atoms with Crippen LogP contribution in [0.5, 0.6) is 0 Å². The van der Waals surface area contributed by atoms with E-state index in [0.29, 0.717) is 0 Å². The van der Waals surface area contributed by atoms with Crippen molar-refractivity contribution in [2.24, 2.45) is 5.92 Å². The van der Waals surface area contributed by atoms with Crippen molar-refractivity contribution in [3.63, 3.8) is 0 Å². The first kappa shape index (κ1) is 15.5. The van der Waals surface area contributed by atoms with Crippen molar-refractivity contribution in [1.82, 2.24) is 14.8 Å². The molecular formula is C18H25N3OS. The second-order valence-corrected chi connectivity index (χ2v) is 7.75. The van der Waals surface area contributed by atoms with E-state index >= 15 is 0 Å². The molecule has 2 aromatic rings. The fraction of sp³-hybridized carbons (Fsp3) is 0.611. The number of aromatic nitrogens is 1. The minimum atomic E-state index is 0.806. The molecule has 124 valence electrons. The van der Waals surface area contributed by atoms with Crippen LogP contribution in [0.2, 0.25) is 0 Å². The van der Waals surface area contributed by atoms with Gasteiger partial charge in [0, 0.05) is 38.9 Å². The van der Waals surface area contributed by atoms with Crippen LogP contribution in [0.4, 0.5) is 0 Å². The predicted molar refractivity (Wildman–Crippen MR) is 94.9 cm³/mol. The summed E-state index contributed by atoms with van der Waals surface area (Å²) in [6.45, 7) is 8.75. The lowest BCUT2D eigenvalue weighted by atomic mass is 9.97.